The summed E-state index contributed by atoms with van der Waals surface area (Å²) in [6, 6.07) is -2.76. The largest absolute Gasteiger partial charge is 0.404 e. The highest BCUT2D eigenvalue weighted by Crippen LogP contribution is 2.35. The minimum atomic E-state index is -4.55. The number of carbonyl (C=O) groups is 6. The van der Waals surface area contributed by atoms with E-state index in [1.807, 2.05) is 0 Å². The zero-order valence-electron chi connectivity index (χ0n) is 22.2. The molecule has 3 fully saturated rings. The van der Waals surface area contributed by atoms with Crippen LogP contribution in [0.5, 0.6) is 0 Å². The van der Waals surface area contributed by atoms with Gasteiger partial charge in [0.15, 0.2) is 0 Å². The summed E-state index contributed by atoms with van der Waals surface area (Å²) < 4.78 is 40.8. The second kappa shape index (κ2) is 12.8. The smallest absolute Gasteiger partial charge is 0.330 e. The maximum absolute atomic E-state index is 13.6. The number of rotatable bonds is 11. The van der Waals surface area contributed by atoms with Crippen LogP contribution in [0.4, 0.5) is 13.2 Å². The molecule has 2 aliphatic heterocycles. The molecule has 0 aromatic heterocycles. The van der Waals surface area contributed by atoms with Gasteiger partial charge in [0.25, 0.3) is 11.8 Å². The first-order chi connectivity index (χ1) is 18.2. The van der Waals surface area contributed by atoms with E-state index >= 15 is 0 Å². The van der Waals surface area contributed by atoms with Crippen molar-refractivity contribution in [2.45, 2.75) is 88.7 Å². The van der Waals surface area contributed by atoms with E-state index in [0.717, 1.165) is 21.6 Å². The van der Waals surface area contributed by atoms with Crippen molar-refractivity contribution in [3.63, 3.8) is 0 Å². The summed E-state index contributed by atoms with van der Waals surface area (Å²) in [5.41, 5.74) is 0. The van der Waals surface area contributed by atoms with Crippen molar-refractivity contribution >= 4 is 47.1 Å². The first-order valence-corrected chi connectivity index (χ1v) is 14.1. The van der Waals surface area contributed by atoms with Gasteiger partial charge in [-0.25, -0.2) is 4.79 Å². The number of likely N-dealkylation sites (N-methyl/N-ethyl adjacent to an activating group) is 1. The number of ketones is 1. The molecule has 2 unspecified atom stereocenters. The first-order valence-electron chi connectivity index (χ1n) is 13.0. The lowest BCUT2D eigenvalue weighted by Crippen LogP contribution is -2.50. The second-order valence-corrected chi connectivity index (χ2v) is 11.7. The van der Waals surface area contributed by atoms with Crippen LogP contribution in [0.15, 0.2) is 0 Å². The van der Waals surface area contributed by atoms with Gasteiger partial charge in [-0.15, -0.1) is 16.8 Å². The van der Waals surface area contributed by atoms with Gasteiger partial charge in [0.1, 0.15) is 11.8 Å². The Labute approximate surface area is 228 Å². The molecule has 3 atom stereocenters. The Morgan fingerprint density at radius 2 is 1.64 bits per heavy atom. The van der Waals surface area contributed by atoms with Gasteiger partial charge in [-0.1, -0.05) is 0 Å². The third-order valence-corrected chi connectivity index (χ3v) is 9.03. The first kappa shape index (κ1) is 31.1. The minimum Gasteiger partial charge on any atom is -0.330 e. The fraction of sp³-hybridized carbons (Fsp3) is 0.760. The van der Waals surface area contributed by atoms with E-state index in [9.17, 15) is 41.9 Å². The zero-order chi connectivity index (χ0) is 29.1. The third-order valence-electron chi connectivity index (χ3n) is 7.79. The predicted octanol–water partition coefficient (Wildman–Crippen LogP) is 2.49. The number of hydrogen-bond donors (Lipinski definition) is 0. The maximum atomic E-state index is 13.6. The van der Waals surface area contributed by atoms with Crippen molar-refractivity contribution in [3.05, 3.63) is 0 Å². The molecule has 0 N–H and O–H groups in total. The Hall–Kier alpha value is -2.48. The number of hydroxylamine groups is 2. The van der Waals surface area contributed by atoms with E-state index in [1.165, 1.54) is 20.9 Å². The van der Waals surface area contributed by atoms with Gasteiger partial charge in [0.2, 0.25) is 11.8 Å². The molecule has 0 radical (unpaired) electrons. The molecule has 4 amide bonds. The van der Waals surface area contributed by atoms with Crippen LogP contribution in [-0.2, 0) is 33.6 Å². The third kappa shape index (κ3) is 7.59. The summed E-state index contributed by atoms with van der Waals surface area (Å²) in [4.78, 5) is 79.8. The van der Waals surface area contributed by atoms with Gasteiger partial charge >= 0.3 is 12.1 Å². The number of hydrogen-bond acceptors (Lipinski definition) is 9. The minimum absolute atomic E-state index is 0.00802. The zero-order valence-corrected chi connectivity index (χ0v) is 23.0. The summed E-state index contributed by atoms with van der Waals surface area (Å²) in [5.74, 6) is -3.48. The highest BCUT2D eigenvalue weighted by atomic mass is 32.2. The monoisotopic (exact) mass is 577 g/mol. The van der Waals surface area contributed by atoms with Crippen LogP contribution in [0.2, 0.25) is 0 Å². The molecule has 3 rings (SSSR count). The van der Waals surface area contributed by atoms with E-state index in [4.69, 9.17) is 4.84 Å². The van der Waals surface area contributed by atoms with E-state index in [0.29, 0.717) is 30.7 Å². The Kier molecular flexibility index (Phi) is 10.2. The molecule has 10 nitrogen and oxygen atoms in total. The van der Waals surface area contributed by atoms with E-state index in [1.54, 1.807) is 0 Å². The van der Waals surface area contributed by atoms with Gasteiger partial charge in [0, 0.05) is 25.8 Å². The van der Waals surface area contributed by atoms with E-state index in [2.05, 4.69) is 0 Å². The molecule has 0 aromatic rings. The molecule has 0 spiro atoms. The predicted molar refractivity (Wildman–Crippen MR) is 133 cm³/mol. The van der Waals surface area contributed by atoms with Gasteiger partial charge in [0.05, 0.1) is 17.2 Å². The van der Waals surface area contributed by atoms with Crippen LogP contribution in [-0.4, -0.2) is 93.1 Å². The molecule has 2 saturated heterocycles. The molecule has 39 heavy (non-hydrogen) atoms. The number of amides is 4. The number of thioether (sulfide) groups is 1. The van der Waals surface area contributed by atoms with Crippen LogP contribution in [0.1, 0.15) is 65.2 Å². The summed E-state index contributed by atoms with van der Waals surface area (Å²) in [6.07, 6.45) is -3.04. The topological polar surface area (TPSA) is 121 Å². The van der Waals surface area contributed by atoms with Crippen molar-refractivity contribution in [2.24, 2.45) is 11.8 Å². The molecule has 0 bridgehead atoms. The second-order valence-electron chi connectivity index (χ2n) is 10.4. The van der Waals surface area contributed by atoms with Crippen LogP contribution in [0.25, 0.3) is 0 Å². The van der Waals surface area contributed by atoms with Crippen molar-refractivity contribution in [3.8, 4) is 0 Å². The summed E-state index contributed by atoms with van der Waals surface area (Å²) in [6.45, 7) is 2.82. The molecule has 1 aliphatic carbocycles. The number of nitrogens with zero attached hydrogens (tertiary/aromatic N) is 3. The Morgan fingerprint density at radius 3 is 2.18 bits per heavy atom. The standard InChI is InChI=1S/C25H34F3N3O7S/c1-14(15(2)32)29(3)19(25(26,27)28)10-11-39-18-12-22(35)30(23(18)36)13-16-4-6-17(7-5-16)24(37)38-31-20(33)8-9-21(31)34/h14,16-19H,4-13H2,1-3H3/t14-,16?,17?,18?,19?/m0/s1. The summed E-state index contributed by atoms with van der Waals surface area (Å²) in [7, 11) is 1.25. The number of halogens is 3. The van der Waals surface area contributed by atoms with Gasteiger partial charge < -0.3 is 4.84 Å². The van der Waals surface area contributed by atoms with Crippen molar-refractivity contribution in [2.75, 3.05) is 19.3 Å². The Balaban J connectivity index is 1.46. The summed E-state index contributed by atoms with van der Waals surface area (Å²) >= 11 is 1.02. The van der Waals surface area contributed by atoms with Crippen LogP contribution in [0, 0.1) is 11.8 Å². The molecular formula is C25H34F3N3O7S. The maximum Gasteiger partial charge on any atom is 0.404 e. The molecule has 14 heteroatoms. The normalized spacial score (nSPS) is 26.0. The van der Waals surface area contributed by atoms with Gasteiger partial charge in [-0.05, 0) is 64.7 Å². The lowest BCUT2D eigenvalue weighted by molar-refractivity contribution is -0.201. The average Bonchev–Trinajstić information content (AvgIpc) is 3.32. The number of imide groups is 2. The lowest BCUT2D eigenvalue weighted by atomic mass is 9.82. The SMILES string of the molecule is CC(=O)[C@H](C)N(C)C(CCSC1CC(=O)N(CC2CCC(C(=O)ON3C(=O)CCC3=O)CC2)C1=O)C(F)(F)F. The fourth-order valence-corrected chi connectivity index (χ4v) is 6.29. The van der Waals surface area contributed by atoms with E-state index in [-0.39, 0.29) is 55.6 Å². The Morgan fingerprint density at radius 1 is 1.05 bits per heavy atom. The number of carbonyl (C=O) groups excluding carboxylic acids is 6. The van der Waals surface area contributed by atoms with Crippen LogP contribution < -0.4 is 0 Å². The molecule has 1 saturated carbocycles. The van der Waals surface area contributed by atoms with Gasteiger partial charge in [-0.3, -0.25) is 33.8 Å². The molecule has 3 aliphatic rings. The van der Waals surface area contributed by atoms with Crippen LogP contribution >= 0.6 is 11.8 Å². The highest BCUT2D eigenvalue weighted by Gasteiger charge is 2.45. The van der Waals surface area contributed by atoms with E-state index < -0.39 is 53.1 Å². The highest BCUT2D eigenvalue weighted by molar-refractivity contribution is 8.00. The van der Waals surface area contributed by atoms with Crippen molar-refractivity contribution in [1.29, 1.82) is 0 Å². The quantitative estimate of drug-likeness (QED) is 0.341. The molecule has 2 heterocycles. The lowest BCUT2D eigenvalue weighted by Gasteiger charge is -2.33. The molecular weight excluding hydrogens is 543 g/mol. The Bertz CT molecular complexity index is 984. The number of alkyl halides is 3. The molecule has 0 aromatic carbocycles. The number of Topliss-reactive ketones (excluding diaryl/α,β-unsaturated/α-hetero) is 1. The van der Waals surface area contributed by atoms with Crippen molar-refractivity contribution in [1.82, 2.24) is 14.9 Å². The fourth-order valence-electron chi connectivity index (χ4n) is 5.11. The van der Waals surface area contributed by atoms with Gasteiger partial charge in [-0.2, -0.15) is 13.2 Å². The van der Waals surface area contributed by atoms with Crippen LogP contribution in [0.3, 0.4) is 0 Å². The average molecular weight is 578 g/mol. The number of likely N-dealkylation sites (tertiary alicyclic amines) is 1. The summed E-state index contributed by atoms with van der Waals surface area (Å²) in [5, 5.41) is -0.240. The van der Waals surface area contributed by atoms with Crippen molar-refractivity contribution < 1.29 is 46.8 Å². The molecule has 218 valence electrons.